The first-order valence-corrected chi connectivity index (χ1v) is 9.67. The molecule has 2 fully saturated rings. The summed E-state index contributed by atoms with van der Waals surface area (Å²) in [6.45, 7) is 3.05. The van der Waals surface area contributed by atoms with Gasteiger partial charge < -0.3 is 4.74 Å². The molecule has 140 valence electrons. The Morgan fingerprint density at radius 1 is 1.19 bits per heavy atom. The van der Waals surface area contributed by atoms with Crippen LogP contribution in [0.5, 0.6) is 0 Å². The molecule has 1 aromatic heterocycles. The van der Waals surface area contributed by atoms with Crippen molar-refractivity contribution in [1.82, 2.24) is 24.6 Å². The minimum atomic E-state index is 0.405. The van der Waals surface area contributed by atoms with Crippen LogP contribution in [0.15, 0.2) is 36.7 Å². The summed E-state index contributed by atoms with van der Waals surface area (Å²) >= 11 is 0. The number of hydrogen-bond acceptors (Lipinski definition) is 5. The number of aromatic nitrogens is 3. The van der Waals surface area contributed by atoms with E-state index in [0.29, 0.717) is 18.2 Å². The smallest absolute Gasteiger partial charge is 0.151 e. The van der Waals surface area contributed by atoms with E-state index in [9.17, 15) is 0 Å². The summed E-state index contributed by atoms with van der Waals surface area (Å²) in [7, 11) is 4.07. The second-order valence-electron chi connectivity index (χ2n) is 7.57. The molecule has 6 heteroatoms. The standard InChI is InChI=1S/C20H29N5O/c1-23(14-20-22-21-15-25(20)16-7-4-3-5-8-16)18-9-6-10-19(18)24-12-11-17(13-24)26-2/h3-5,7-8,15,17-19H,6,9-14H2,1-2H3/t17?,18-,19+/m1/s1. The predicted octanol–water partition coefficient (Wildman–Crippen LogP) is 2.34. The molecule has 1 saturated heterocycles. The third-order valence-electron chi connectivity index (χ3n) is 6.03. The van der Waals surface area contributed by atoms with E-state index in [1.165, 1.54) is 19.3 Å². The lowest BCUT2D eigenvalue weighted by molar-refractivity contribution is 0.0834. The maximum Gasteiger partial charge on any atom is 0.151 e. The average Bonchev–Trinajstić information content (AvgIpc) is 3.41. The van der Waals surface area contributed by atoms with Gasteiger partial charge in [0.2, 0.25) is 0 Å². The lowest BCUT2D eigenvalue weighted by Crippen LogP contribution is -2.47. The summed E-state index contributed by atoms with van der Waals surface area (Å²) in [5, 5.41) is 8.54. The number of methoxy groups -OCH3 is 1. The van der Waals surface area contributed by atoms with Gasteiger partial charge in [-0.25, -0.2) is 0 Å². The van der Waals surface area contributed by atoms with E-state index in [-0.39, 0.29) is 0 Å². The van der Waals surface area contributed by atoms with Gasteiger partial charge in [0.1, 0.15) is 6.33 Å². The molecule has 0 bridgehead atoms. The van der Waals surface area contributed by atoms with Crippen molar-refractivity contribution in [3.63, 3.8) is 0 Å². The van der Waals surface area contributed by atoms with Crippen LogP contribution < -0.4 is 0 Å². The van der Waals surface area contributed by atoms with E-state index in [0.717, 1.165) is 37.6 Å². The topological polar surface area (TPSA) is 46.4 Å². The molecule has 1 aliphatic carbocycles. The molecule has 2 aromatic rings. The van der Waals surface area contributed by atoms with Gasteiger partial charge in [-0.1, -0.05) is 24.6 Å². The second kappa shape index (κ2) is 7.86. The number of likely N-dealkylation sites (N-methyl/N-ethyl adjacent to an activating group) is 1. The Kier molecular flexibility index (Phi) is 5.33. The van der Waals surface area contributed by atoms with Crippen LogP contribution in [0.2, 0.25) is 0 Å². The number of nitrogens with zero attached hydrogens (tertiary/aromatic N) is 5. The van der Waals surface area contributed by atoms with E-state index in [4.69, 9.17) is 4.74 Å². The lowest BCUT2D eigenvalue weighted by Gasteiger charge is -2.35. The molecule has 1 unspecified atom stereocenters. The number of para-hydroxylation sites is 1. The molecule has 4 rings (SSSR count). The highest BCUT2D eigenvalue weighted by atomic mass is 16.5. The second-order valence-corrected chi connectivity index (χ2v) is 7.57. The fourth-order valence-electron chi connectivity index (χ4n) is 4.62. The maximum absolute atomic E-state index is 5.57. The largest absolute Gasteiger partial charge is 0.380 e. The van der Waals surface area contributed by atoms with E-state index in [1.54, 1.807) is 0 Å². The van der Waals surface area contributed by atoms with Crippen molar-refractivity contribution in [1.29, 1.82) is 0 Å². The normalized spacial score (nSPS) is 26.8. The minimum absolute atomic E-state index is 0.405. The summed E-state index contributed by atoms with van der Waals surface area (Å²) < 4.78 is 7.66. The van der Waals surface area contributed by atoms with E-state index < -0.39 is 0 Å². The Labute approximate surface area is 155 Å². The zero-order chi connectivity index (χ0) is 17.9. The molecule has 0 amide bonds. The monoisotopic (exact) mass is 355 g/mol. The highest BCUT2D eigenvalue weighted by molar-refractivity contribution is 5.31. The first-order valence-electron chi connectivity index (χ1n) is 9.67. The van der Waals surface area contributed by atoms with Crippen molar-refractivity contribution in [2.45, 2.75) is 50.4 Å². The summed E-state index contributed by atoms with van der Waals surface area (Å²) in [6, 6.07) is 11.5. The first-order chi connectivity index (χ1) is 12.8. The summed E-state index contributed by atoms with van der Waals surface area (Å²) in [4.78, 5) is 5.12. The van der Waals surface area contributed by atoms with Crippen LogP contribution in [0.4, 0.5) is 0 Å². The van der Waals surface area contributed by atoms with Crippen LogP contribution in [-0.2, 0) is 11.3 Å². The summed E-state index contributed by atoms with van der Waals surface area (Å²) in [5.41, 5.74) is 1.12. The number of hydrogen-bond donors (Lipinski definition) is 0. The maximum atomic E-state index is 5.57. The molecule has 0 spiro atoms. The van der Waals surface area contributed by atoms with E-state index in [1.807, 2.05) is 19.5 Å². The predicted molar refractivity (Wildman–Crippen MR) is 101 cm³/mol. The van der Waals surface area contributed by atoms with Crippen molar-refractivity contribution in [3.8, 4) is 5.69 Å². The fourth-order valence-corrected chi connectivity index (χ4v) is 4.62. The van der Waals surface area contributed by atoms with Gasteiger partial charge in [-0.05, 0) is 38.4 Å². The third-order valence-corrected chi connectivity index (χ3v) is 6.03. The molecular formula is C20H29N5O. The quantitative estimate of drug-likeness (QED) is 0.796. The Morgan fingerprint density at radius 2 is 2.04 bits per heavy atom. The highest BCUT2D eigenvalue weighted by Gasteiger charge is 2.38. The number of likely N-dealkylation sites (tertiary alicyclic amines) is 1. The molecule has 26 heavy (non-hydrogen) atoms. The number of ether oxygens (including phenoxy) is 1. The van der Waals surface area contributed by atoms with Crippen molar-refractivity contribution in [2.24, 2.45) is 0 Å². The van der Waals surface area contributed by atoms with E-state index >= 15 is 0 Å². The number of rotatable bonds is 6. The lowest BCUT2D eigenvalue weighted by atomic mass is 10.1. The van der Waals surface area contributed by atoms with Gasteiger partial charge in [0.15, 0.2) is 5.82 Å². The van der Waals surface area contributed by atoms with Crippen molar-refractivity contribution in [3.05, 3.63) is 42.5 Å². The van der Waals surface area contributed by atoms with Gasteiger partial charge in [-0.15, -0.1) is 10.2 Å². The Hall–Kier alpha value is -1.76. The Morgan fingerprint density at radius 3 is 2.81 bits per heavy atom. The Balaban J connectivity index is 1.45. The SMILES string of the molecule is COC1CCN([C@H]2CCC[C@H]2N(C)Cc2nncn2-c2ccccc2)C1. The molecule has 1 aromatic carbocycles. The van der Waals surface area contributed by atoms with Gasteiger partial charge in [0.05, 0.1) is 12.6 Å². The van der Waals surface area contributed by atoms with Gasteiger partial charge in [-0.2, -0.15) is 0 Å². The van der Waals surface area contributed by atoms with Gasteiger partial charge >= 0.3 is 0 Å². The van der Waals surface area contributed by atoms with Crippen molar-refractivity contribution in [2.75, 3.05) is 27.2 Å². The fraction of sp³-hybridized carbons (Fsp3) is 0.600. The molecule has 2 aliphatic rings. The molecule has 0 N–H and O–H groups in total. The molecular weight excluding hydrogens is 326 g/mol. The van der Waals surface area contributed by atoms with Crippen LogP contribution in [0.25, 0.3) is 5.69 Å². The molecule has 2 heterocycles. The van der Waals surface area contributed by atoms with Crippen molar-refractivity contribution >= 4 is 0 Å². The Bertz CT molecular complexity index is 703. The number of benzene rings is 1. The molecule has 1 saturated carbocycles. The zero-order valence-corrected chi connectivity index (χ0v) is 15.8. The van der Waals surface area contributed by atoms with Crippen LogP contribution in [0.3, 0.4) is 0 Å². The summed E-state index contributed by atoms with van der Waals surface area (Å²) in [6.07, 6.45) is 7.23. The zero-order valence-electron chi connectivity index (χ0n) is 15.8. The van der Waals surface area contributed by atoms with Gasteiger partial charge in [-0.3, -0.25) is 14.4 Å². The molecule has 1 aliphatic heterocycles. The van der Waals surface area contributed by atoms with E-state index in [2.05, 4.69) is 55.9 Å². The van der Waals surface area contributed by atoms with Crippen molar-refractivity contribution < 1.29 is 4.74 Å². The van der Waals surface area contributed by atoms with Crippen LogP contribution in [-0.4, -0.2) is 70.0 Å². The van der Waals surface area contributed by atoms with Crippen LogP contribution in [0.1, 0.15) is 31.5 Å². The van der Waals surface area contributed by atoms with Crippen LogP contribution in [0, 0.1) is 0 Å². The molecule has 6 nitrogen and oxygen atoms in total. The average molecular weight is 355 g/mol. The summed E-state index contributed by atoms with van der Waals surface area (Å²) in [5.74, 6) is 1.00. The van der Waals surface area contributed by atoms with Gasteiger partial charge in [0, 0.05) is 38.0 Å². The highest BCUT2D eigenvalue weighted by Crippen LogP contribution is 2.31. The molecule has 3 atom stereocenters. The van der Waals surface area contributed by atoms with Gasteiger partial charge in [0.25, 0.3) is 0 Å². The minimum Gasteiger partial charge on any atom is -0.380 e. The third kappa shape index (κ3) is 3.54. The first kappa shape index (κ1) is 17.6. The molecule has 0 radical (unpaired) electrons. The van der Waals surface area contributed by atoms with Crippen LogP contribution >= 0.6 is 0 Å².